The van der Waals surface area contributed by atoms with Crippen molar-refractivity contribution >= 4 is 19.1 Å². The Morgan fingerprint density at radius 2 is 2.44 bits per heavy atom. The molecule has 5 heteroatoms. The third-order valence-corrected chi connectivity index (χ3v) is 3.40. The summed E-state index contributed by atoms with van der Waals surface area (Å²) in [6.07, 6.45) is 2.24. The number of benzene rings is 1. The van der Waals surface area contributed by atoms with E-state index in [4.69, 9.17) is 9.69 Å². The topological polar surface area (TPSA) is 38.8 Å². The average molecular weight is 242 g/mol. The van der Waals surface area contributed by atoms with Crippen molar-refractivity contribution in [3.63, 3.8) is 0 Å². The number of carbonyl (C=O) groups excluding carboxylic acids is 1. The first kappa shape index (κ1) is 11.5. The van der Waals surface area contributed by atoms with Crippen molar-refractivity contribution in [2.75, 3.05) is 18.1 Å². The van der Waals surface area contributed by atoms with Crippen LogP contribution in [0.15, 0.2) is 30.9 Å². The molecule has 91 valence electrons. The van der Waals surface area contributed by atoms with Gasteiger partial charge in [0.25, 0.3) is 0 Å². The van der Waals surface area contributed by atoms with Crippen LogP contribution in [0.2, 0.25) is 0 Å². The Hall–Kier alpha value is -1.59. The Bertz CT molecular complexity index is 497. The monoisotopic (exact) mass is 242 g/mol. The van der Waals surface area contributed by atoms with Gasteiger partial charge in [-0.15, -0.1) is 0 Å². The van der Waals surface area contributed by atoms with Gasteiger partial charge in [-0.3, -0.25) is 9.68 Å². The molecule has 1 fully saturated rings. The van der Waals surface area contributed by atoms with Crippen LogP contribution in [0.5, 0.6) is 0 Å². The Kier molecular flexibility index (Phi) is 2.93. The number of amides is 1. The van der Waals surface area contributed by atoms with Crippen LogP contribution in [-0.2, 0) is 20.9 Å². The highest BCUT2D eigenvalue weighted by atomic mass is 17.2. The number of anilines is 1. The quantitative estimate of drug-likeness (QED) is 0.446. The van der Waals surface area contributed by atoms with Gasteiger partial charge in [-0.25, -0.2) is 0 Å². The van der Waals surface area contributed by atoms with Crippen molar-refractivity contribution in [3.8, 4) is 0 Å². The van der Waals surface area contributed by atoms with E-state index in [0.29, 0.717) is 6.61 Å². The lowest BCUT2D eigenvalue weighted by Gasteiger charge is -2.15. The largest absolute Gasteiger partial charge is 0.354 e. The summed E-state index contributed by atoms with van der Waals surface area (Å²) in [6.45, 7) is 4.81. The highest BCUT2D eigenvalue weighted by Crippen LogP contribution is 2.32. The Morgan fingerprint density at radius 3 is 3.17 bits per heavy atom. The van der Waals surface area contributed by atoms with E-state index in [-0.39, 0.29) is 11.7 Å². The van der Waals surface area contributed by atoms with Crippen LogP contribution < -0.4 is 4.90 Å². The first-order chi connectivity index (χ1) is 8.79. The van der Waals surface area contributed by atoms with Gasteiger partial charge in [0.15, 0.2) is 0 Å². The molecule has 0 N–H and O–H groups in total. The van der Waals surface area contributed by atoms with E-state index in [1.165, 1.54) is 17.2 Å². The van der Waals surface area contributed by atoms with Gasteiger partial charge >= 0.3 is 7.48 Å². The summed E-state index contributed by atoms with van der Waals surface area (Å²) in [7, 11) is 1.70. The first-order valence-corrected chi connectivity index (χ1v) is 5.98. The summed E-state index contributed by atoms with van der Waals surface area (Å²) in [5.41, 5.74) is 3.35. The predicted octanol–water partition coefficient (Wildman–Crippen LogP) is 1.38. The normalized spacial score (nSPS) is 21.6. The second-order valence-corrected chi connectivity index (χ2v) is 4.46. The Morgan fingerprint density at radius 1 is 1.56 bits per heavy atom. The molecule has 2 aliphatic heterocycles. The standard InChI is InChI=1S/C13H13BNO3/c1-2-13(16)15-6-5-10-7-9(3-4-12(10)15)11-8-17-18-14-11/h2-4,7,11H,1,5-6,8H2. The Balaban J connectivity index is 1.89. The molecule has 0 aliphatic carbocycles. The molecular weight excluding hydrogens is 229 g/mol. The van der Waals surface area contributed by atoms with Crippen LogP contribution in [0.4, 0.5) is 5.69 Å². The molecule has 1 radical (unpaired) electrons. The third-order valence-electron chi connectivity index (χ3n) is 3.40. The zero-order chi connectivity index (χ0) is 12.5. The average Bonchev–Trinajstić information content (AvgIpc) is 3.06. The zero-order valence-corrected chi connectivity index (χ0v) is 9.96. The molecule has 0 bridgehead atoms. The van der Waals surface area contributed by atoms with Crippen LogP contribution in [0, 0.1) is 0 Å². The van der Waals surface area contributed by atoms with Gasteiger partial charge in [0.1, 0.15) is 0 Å². The van der Waals surface area contributed by atoms with E-state index in [2.05, 4.69) is 12.6 Å². The minimum absolute atomic E-state index is 0.0411. The van der Waals surface area contributed by atoms with Crippen LogP contribution in [0.25, 0.3) is 0 Å². The summed E-state index contributed by atoms with van der Waals surface area (Å²) in [5, 5.41) is 0. The first-order valence-electron chi connectivity index (χ1n) is 5.98. The molecule has 0 aromatic heterocycles. The van der Waals surface area contributed by atoms with Gasteiger partial charge in [-0.1, -0.05) is 18.7 Å². The number of fused-ring (bicyclic) bond motifs is 1. The minimum atomic E-state index is -0.0411. The second kappa shape index (κ2) is 4.59. The molecule has 1 aromatic carbocycles. The van der Waals surface area contributed by atoms with E-state index in [9.17, 15) is 4.79 Å². The summed E-state index contributed by atoms with van der Waals surface area (Å²) in [5.74, 6) is 0.139. The van der Waals surface area contributed by atoms with Crippen molar-refractivity contribution in [3.05, 3.63) is 42.0 Å². The fourth-order valence-electron chi connectivity index (χ4n) is 2.42. The van der Waals surface area contributed by atoms with Crippen LogP contribution in [-0.4, -0.2) is 26.5 Å². The van der Waals surface area contributed by atoms with Gasteiger partial charge in [-0.05, 0) is 29.7 Å². The van der Waals surface area contributed by atoms with Gasteiger partial charge in [0, 0.05) is 18.0 Å². The van der Waals surface area contributed by atoms with Crippen LogP contribution >= 0.6 is 0 Å². The van der Waals surface area contributed by atoms with Crippen molar-refractivity contribution in [1.29, 1.82) is 0 Å². The van der Waals surface area contributed by atoms with E-state index in [1.54, 1.807) is 12.4 Å². The number of hydrogen-bond acceptors (Lipinski definition) is 3. The highest BCUT2D eigenvalue weighted by molar-refractivity contribution is 6.30. The number of carbonyl (C=O) groups is 1. The molecule has 1 amide bonds. The third kappa shape index (κ3) is 1.85. The van der Waals surface area contributed by atoms with E-state index >= 15 is 0 Å². The molecule has 1 unspecified atom stereocenters. The number of hydrogen-bond donors (Lipinski definition) is 0. The molecule has 1 atom stereocenters. The fourth-order valence-corrected chi connectivity index (χ4v) is 2.42. The molecule has 0 saturated carbocycles. The van der Waals surface area contributed by atoms with Crippen molar-refractivity contribution in [2.24, 2.45) is 0 Å². The second-order valence-electron chi connectivity index (χ2n) is 4.46. The molecule has 1 aromatic rings. The van der Waals surface area contributed by atoms with E-state index in [0.717, 1.165) is 18.7 Å². The molecule has 18 heavy (non-hydrogen) atoms. The van der Waals surface area contributed by atoms with Gasteiger partial charge in [0.05, 0.1) is 6.61 Å². The lowest BCUT2D eigenvalue weighted by Crippen LogP contribution is -2.26. The molecule has 3 rings (SSSR count). The molecule has 2 heterocycles. The van der Waals surface area contributed by atoms with E-state index < -0.39 is 0 Å². The fraction of sp³-hybridized carbons (Fsp3) is 0.308. The Labute approximate surface area is 106 Å². The van der Waals surface area contributed by atoms with Crippen LogP contribution in [0.3, 0.4) is 0 Å². The summed E-state index contributed by atoms with van der Waals surface area (Å²) >= 11 is 0. The smallest absolute Gasteiger partial charge is 0.310 e. The lowest BCUT2D eigenvalue weighted by molar-refractivity contribution is -0.183. The summed E-state index contributed by atoms with van der Waals surface area (Å²) in [6, 6.07) is 6.14. The maximum atomic E-state index is 11.7. The highest BCUT2D eigenvalue weighted by Gasteiger charge is 2.27. The molecular formula is C13H13BNO3. The molecule has 1 saturated heterocycles. The van der Waals surface area contributed by atoms with E-state index in [1.807, 2.05) is 12.1 Å². The molecule has 0 spiro atoms. The lowest BCUT2D eigenvalue weighted by atomic mass is 9.76. The number of nitrogens with zero attached hydrogens (tertiary/aromatic N) is 1. The number of rotatable bonds is 2. The predicted molar refractivity (Wildman–Crippen MR) is 68.2 cm³/mol. The summed E-state index contributed by atoms with van der Waals surface area (Å²) < 4.78 is 0. The van der Waals surface area contributed by atoms with Crippen LogP contribution in [0.1, 0.15) is 16.9 Å². The van der Waals surface area contributed by atoms with Crippen molar-refractivity contribution < 1.29 is 14.5 Å². The SMILES string of the molecule is C=CC(=O)N1CCc2cc(C3[B]OOC3)ccc21. The van der Waals surface area contributed by atoms with Gasteiger partial charge in [0.2, 0.25) is 5.91 Å². The maximum Gasteiger partial charge on any atom is 0.354 e. The van der Waals surface area contributed by atoms with Gasteiger partial charge in [-0.2, -0.15) is 0 Å². The maximum absolute atomic E-state index is 11.7. The minimum Gasteiger partial charge on any atom is -0.310 e. The zero-order valence-electron chi connectivity index (χ0n) is 9.96. The molecule has 2 aliphatic rings. The van der Waals surface area contributed by atoms with Crippen molar-refractivity contribution in [1.82, 2.24) is 0 Å². The summed E-state index contributed by atoms with van der Waals surface area (Å²) in [4.78, 5) is 23.1. The molecule has 4 nitrogen and oxygen atoms in total. The van der Waals surface area contributed by atoms with Crippen molar-refractivity contribution in [2.45, 2.75) is 12.2 Å². The van der Waals surface area contributed by atoms with Gasteiger partial charge < -0.3 is 9.70 Å².